The van der Waals surface area contributed by atoms with Gasteiger partial charge < -0.3 is 4.74 Å². The lowest BCUT2D eigenvalue weighted by Gasteiger charge is -2.19. The van der Waals surface area contributed by atoms with E-state index in [-0.39, 0.29) is 18.0 Å². The first kappa shape index (κ1) is 18.2. The van der Waals surface area contributed by atoms with Crippen LogP contribution in [0.25, 0.3) is 10.7 Å². The molecule has 27 heavy (non-hydrogen) atoms. The molecule has 1 saturated heterocycles. The summed E-state index contributed by atoms with van der Waals surface area (Å²) in [6.45, 7) is 5.35. The maximum Gasteiger partial charge on any atom is 0.175 e. The lowest BCUT2D eigenvalue weighted by molar-refractivity contribution is -0.123. The smallest absolute Gasteiger partial charge is 0.175 e. The van der Waals surface area contributed by atoms with E-state index in [9.17, 15) is 9.59 Å². The molecule has 1 saturated carbocycles. The van der Waals surface area contributed by atoms with Crippen LogP contribution in [0.15, 0.2) is 30.0 Å². The summed E-state index contributed by atoms with van der Waals surface area (Å²) < 4.78 is 5.37. The molecule has 2 aromatic rings. The number of Topliss-reactive ketones (excluding diaryl/α,β-unsaturated/α-hetero) is 2. The second-order valence-corrected chi connectivity index (χ2v) is 8.47. The Labute approximate surface area is 162 Å². The lowest BCUT2D eigenvalue weighted by atomic mass is 9.95. The lowest BCUT2D eigenvalue weighted by Crippen LogP contribution is -2.16. The van der Waals surface area contributed by atoms with Crippen molar-refractivity contribution in [3.8, 4) is 10.7 Å². The fourth-order valence-electron chi connectivity index (χ4n) is 3.67. The van der Waals surface area contributed by atoms with Crippen molar-refractivity contribution in [1.29, 1.82) is 0 Å². The van der Waals surface area contributed by atoms with Gasteiger partial charge in [-0.2, -0.15) is 0 Å². The van der Waals surface area contributed by atoms with E-state index in [0.29, 0.717) is 17.2 Å². The number of ketones is 2. The molecule has 0 amide bonds. The van der Waals surface area contributed by atoms with Gasteiger partial charge in [-0.3, -0.25) is 14.6 Å². The van der Waals surface area contributed by atoms with E-state index >= 15 is 0 Å². The number of nitrogens with zero attached hydrogens (tertiary/aromatic N) is 2. The monoisotopic (exact) mass is 382 g/mol. The molecule has 2 fully saturated rings. The Kier molecular flexibility index (Phi) is 5.02. The molecule has 3 heterocycles. The molecule has 140 valence electrons. The molecule has 0 bridgehead atoms. The average molecular weight is 382 g/mol. The number of thiazole rings is 1. The van der Waals surface area contributed by atoms with E-state index in [4.69, 9.17) is 4.74 Å². The Bertz CT molecular complexity index is 908. The maximum absolute atomic E-state index is 13.0. The van der Waals surface area contributed by atoms with E-state index in [1.54, 1.807) is 6.20 Å². The first-order valence-corrected chi connectivity index (χ1v) is 10.1. The highest BCUT2D eigenvalue weighted by Gasteiger charge is 2.41. The Morgan fingerprint density at radius 1 is 1.19 bits per heavy atom. The number of carbonyl (C=O) groups is 2. The van der Waals surface area contributed by atoms with Gasteiger partial charge in [-0.05, 0) is 49.8 Å². The van der Waals surface area contributed by atoms with Gasteiger partial charge in [-0.25, -0.2) is 4.98 Å². The van der Waals surface area contributed by atoms with Crippen molar-refractivity contribution in [3.63, 3.8) is 0 Å². The fraction of sp³-hybridized carbons (Fsp3) is 0.429. The number of ether oxygens (including phenoxy) is 1. The van der Waals surface area contributed by atoms with Gasteiger partial charge in [0.15, 0.2) is 11.6 Å². The van der Waals surface area contributed by atoms with Gasteiger partial charge >= 0.3 is 0 Å². The summed E-state index contributed by atoms with van der Waals surface area (Å²) in [7, 11) is 0. The van der Waals surface area contributed by atoms with Crippen LogP contribution in [0.5, 0.6) is 0 Å². The minimum Gasteiger partial charge on any atom is -0.381 e. The first-order valence-electron chi connectivity index (χ1n) is 9.28. The van der Waals surface area contributed by atoms with Gasteiger partial charge in [-0.1, -0.05) is 12.1 Å². The molecule has 6 heteroatoms. The molecule has 1 atom stereocenters. The van der Waals surface area contributed by atoms with Crippen molar-refractivity contribution < 1.29 is 14.3 Å². The molecule has 0 radical (unpaired) electrons. The minimum atomic E-state index is -0.758. The van der Waals surface area contributed by atoms with Gasteiger partial charge in [0.2, 0.25) is 0 Å². The van der Waals surface area contributed by atoms with E-state index in [1.807, 2.05) is 32.1 Å². The number of pyridine rings is 1. The summed E-state index contributed by atoms with van der Waals surface area (Å²) in [6.07, 6.45) is 5.85. The quantitative estimate of drug-likeness (QED) is 0.596. The second-order valence-electron chi connectivity index (χ2n) is 7.26. The molecule has 1 aliphatic heterocycles. The molecule has 2 aromatic heterocycles. The summed E-state index contributed by atoms with van der Waals surface area (Å²) >= 11 is 1.49. The number of hydrogen-bond donors (Lipinski definition) is 0. The van der Waals surface area contributed by atoms with E-state index < -0.39 is 5.92 Å². The molecule has 2 aliphatic rings. The zero-order chi connectivity index (χ0) is 19.0. The molecule has 0 aromatic carbocycles. The van der Waals surface area contributed by atoms with E-state index in [2.05, 4.69) is 9.97 Å². The zero-order valence-electron chi connectivity index (χ0n) is 15.5. The Morgan fingerprint density at radius 2 is 1.96 bits per heavy atom. The van der Waals surface area contributed by atoms with Crippen LogP contribution in [0.2, 0.25) is 0 Å². The van der Waals surface area contributed by atoms with Crippen LogP contribution in [0.4, 0.5) is 0 Å². The zero-order valence-corrected chi connectivity index (χ0v) is 16.3. The number of aryl methyl sites for hydroxylation is 2. The first-order chi connectivity index (χ1) is 13.0. The van der Waals surface area contributed by atoms with Crippen LogP contribution in [0.1, 0.15) is 41.3 Å². The molecule has 4 rings (SSSR count). The van der Waals surface area contributed by atoms with Crippen molar-refractivity contribution in [2.24, 2.45) is 5.92 Å². The van der Waals surface area contributed by atoms with Gasteiger partial charge in [-0.15, -0.1) is 11.3 Å². The van der Waals surface area contributed by atoms with Crippen LogP contribution in [-0.2, 0) is 14.3 Å². The second kappa shape index (κ2) is 7.44. The topological polar surface area (TPSA) is 69.2 Å². The summed E-state index contributed by atoms with van der Waals surface area (Å²) in [5, 5.41) is 0.755. The van der Waals surface area contributed by atoms with E-state index in [1.165, 1.54) is 11.3 Å². The van der Waals surface area contributed by atoms with Crippen molar-refractivity contribution in [2.75, 3.05) is 13.2 Å². The highest BCUT2D eigenvalue weighted by molar-refractivity contribution is 7.15. The summed E-state index contributed by atoms with van der Waals surface area (Å²) in [5.41, 5.74) is 3.11. The Balaban J connectivity index is 1.61. The van der Waals surface area contributed by atoms with Crippen molar-refractivity contribution in [1.82, 2.24) is 9.97 Å². The van der Waals surface area contributed by atoms with Gasteiger partial charge in [0, 0.05) is 30.7 Å². The maximum atomic E-state index is 13.0. The number of carbonyl (C=O) groups excluding carboxylic acids is 2. The molecule has 5 nitrogen and oxygen atoms in total. The van der Waals surface area contributed by atoms with Gasteiger partial charge in [0.05, 0.1) is 11.4 Å². The Hall–Kier alpha value is -2.18. The predicted octanol–water partition coefficient (Wildman–Crippen LogP) is 3.80. The molecular weight excluding hydrogens is 360 g/mol. The number of rotatable bonds is 3. The summed E-state index contributed by atoms with van der Waals surface area (Å²) in [4.78, 5) is 35.6. The molecule has 0 spiro atoms. The molecule has 0 N–H and O–H groups in total. The summed E-state index contributed by atoms with van der Waals surface area (Å²) in [6, 6.07) is 3.91. The van der Waals surface area contributed by atoms with Crippen LogP contribution >= 0.6 is 11.3 Å². The minimum absolute atomic E-state index is 0.0462. The highest BCUT2D eigenvalue weighted by Crippen LogP contribution is 2.38. The number of aromatic nitrogens is 2. The average Bonchev–Trinajstić information content (AvgIpc) is 3.16. The third kappa shape index (κ3) is 3.64. The van der Waals surface area contributed by atoms with Crippen LogP contribution in [0.3, 0.4) is 0 Å². The number of hydrogen-bond acceptors (Lipinski definition) is 6. The summed E-state index contributed by atoms with van der Waals surface area (Å²) in [5.74, 6) is -0.557. The third-order valence-electron chi connectivity index (χ3n) is 5.20. The predicted molar refractivity (Wildman–Crippen MR) is 104 cm³/mol. The Morgan fingerprint density at radius 3 is 2.67 bits per heavy atom. The van der Waals surface area contributed by atoms with Crippen molar-refractivity contribution >= 4 is 22.9 Å². The van der Waals surface area contributed by atoms with Crippen molar-refractivity contribution in [3.05, 3.63) is 46.1 Å². The van der Waals surface area contributed by atoms with Crippen LogP contribution < -0.4 is 0 Å². The third-order valence-corrected chi connectivity index (χ3v) is 6.21. The van der Waals surface area contributed by atoms with Crippen LogP contribution in [-0.4, -0.2) is 34.7 Å². The molecular formula is C21H22N2O3S. The molecule has 1 unspecified atom stereocenters. The fourth-order valence-corrected chi connectivity index (χ4v) is 4.60. The largest absolute Gasteiger partial charge is 0.381 e. The highest BCUT2D eigenvalue weighted by atomic mass is 32.1. The van der Waals surface area contributed by atoms with Crippen molar-refractivity contribution in [2.45, 2.75) is 39.0 Å². The van der Waals surface area contributed by atoms with Gasteiger partial charge in [0.1, 0.15) is 10.9 Å². The standard InChI is InChI=1S/C21H22N2O3S/c1-12-3-4-16(22-11-12)21-23-19(13(2)27-21)18-17(24)10-15(20(18)25)9-14-5-7-26-8-6-14/h3-4,9,11,14,18H,5-8,10H2,1-2H3/b15-9+. The number of allylic oxidation sites excluding steroid dienone is 2. The molecule has 1 aliphatic carbocycles. The van der Waals surface area contributed by atoms with Gasteiger partial charge in [0.25, 0.3) is 0 Å². The normalized spacial score (nSPS) is 22.7. The SMILES string of the molecule is Cc1ccc(-c2nc(C3C(=O)C/C(=C\C4CCOCC4)C3=O)c(C)s2)nc1. The van der Waals surface area contributed by atoms with E-state index in [0.717, 1.165) is 47.2 Å². The van der Waals surface area contributed by atoms with Crippen LogP contribution in [0, 0.1) is 19.8 Å².